The number of hydrogen-bond acceptors (Lipinski definition) is 4. The van der Waals surface area contributed by atoms with Crippen molar-refractivity contribution >= 4 is 46.1 Å². The maximum absolute atomic E-state index is 13.9. The minimum absolute atomic E-state index is 0.340. The monoisotopic (exact) mass is 896 g/mol. The second-order valence-corrected chi connectivity index (χ2v) is 21.6. The van der Waals surface area contributed by atoms with E-state index < -0.39 is 24.9 Å². The molecule has 3 aliphatic rings. The van der Waals surface area contributed by atoms with Gasteiger partial charge in [-0.2, -0.15) is 0 Å². The predicted molar refractivity (Wildman–Crippen MR) is 271 cm³/mol. The summed E-state index contributed by atoms with van der Waals surface area (Å²) in [6, 6.07) is 66.6. The fourth-order valence-electron chi connectivity index (χ4n) is 10.7. The minimum atomic E-state index is -3.52. The lowest BCUT2D eigenvalue weighted by Gasteiger charge is -2.36. The Morgan fingerprint density at radius 1 is 0.394 bits per heavy atom. The van der Waals surface area contributed by atoms with E-state index in [2.05, 4.69) is 48.5 Å². The number of allylic oxidation sites excluding steroid dienone is 1. The molecule has 9 aromatic rings. The van der Waals surface area contributed by atoms with Crippen LogP contribution in [0.5, 0.6) is 0 Å². The van der Waals surface area contributed by atoms with Crippen LogP contribution in [0.4, 0.5) is 0 Å². The van der Waals surface area contributed by atoms with Gasteiger partial charge in [-0.1, -0.05) is 226 Å². The molecule has 0 N–H and O–H groups in total. The van der Waals surface area contributed by atoms with Crippen LogP contribution in [0.25, 0.3) is 71.0 Å². The summed E-state index contributed by atoms with van der Waals surface area (Å²) >= 11 is 0. The molecule has 1 aliphatic carbocycles. The highest BCUT2D eigenvalue weighted by Gasteiger charge is 2.48. The first-order valence-corrected chi connectivity index (χ1v) is 26.0. The molecule has 1 saturated carbocycles. The van der Waals surface area contributed by atoms with Gasteiger partial charge in [0.1, 0.15) is 0 Å². The summed E-state index contributed by atoms with van der Waals surface area (Å²) in [7, 11) is -7.00. The predicted octanol–water partition coefficient (Wildman–Crippen LogP) is 15.1. The van der Waals surface area contributed by atoms with Crippen molar-refractivity contribution in [2.75, 3.05) is 0 Å². The van der Waals surface area contributed by atoms with Crippen LogP contribution < -0.4 is 0 Å². The van der Waals surface area contributed by atoms with E-state index in [0.717, 1.165) is 95.6 Å². The Labute approximate surface area is 387 Å². The van der Waals surface area contributed by atoms with Crippen molar-refractivity contribution in [3.8, 4) is 44.5 Å². The molecule has 0 amide bonds. The zero-order valence-electron chi connectivity index (χ0n) is 36.5. The van der Waals surface area contributed by atoms with Crippen LogP contribution in [0, 0.1) is 5.92 Å². The summed E-state index contributed by atoms with van der Waals surface area (Å²) in [5, 5.41) is 3.60. The molecule has 0 aromatic heterocycles. The highest BCUT2D eigenvalue weighted by molar-refractivity contribution is 8.02. The van der Waals surface area contributed by atoms with Crippen LogP contribution in [0.1, 0.15) is 54.0 Å². The highest BCUT2D eigenvalue weighted by Crippen LogP contribution is 2.58. The van der Waals surface area contributed by atoms with Crippen LogP contribution in [0.15, 0.2) is 216 Å². The fraction of sp³-hybridized carbons (Fsp3) is 0.133. The lowest BCUT2D eigenvalue weighted by molar-refractivity contribution is 0.420. The molecule has 1 unspecified atom stereocenters. The van der Waals surface area contributed by atoms with Crippen molar-refractivity contribution in [3.63, 3.8) is 0 Å². The number of rotatable bonds is 7. The fourth-order valence-corrected chi connectivity index (χ4v) is 14.7. The third-order valence-electron chi connectivity index (χ3n) is 13.7. The molecule has 1 fully saturated rings. The van der Waals surface area contributed by atoms with Crippen LogP contribution in [0.2, 0.25) is 0 Å². The van der Waals surface area contributed by atoms with Gasteiger partial charge < -0.3 is 0 Å². The third-order valence-corrected chi connectivity index (χ3v) is 17.7. The third kappa shape index (κ3) is 7.11. The van der Waals surface area contributed by atoms with Gasteiger partial charge in [-0.15, -0.1) is 0 Å². The largest absolute Gasteiger partial charge is 0.223 e. The standard InChI is InChI=1S/C30H26O2S.C30H22O2S/c2*31-33(32)26(20-21-12-4-1-5-13-21)29-27(22-14-6-2-7-15-22)24-18-10-11-19-25(24)28(30(29)33)23-16-8-3-9-17-23/h2-3,6-11,14-21H,1,4-5,12-13H2;1-19,26H,20H2/b26-20-;. The zero-order valence-corrected chi connectivity index (χ0v) is 38.1. The van der Waals surface area contributed by atoms with E-state index >= 15 is 0 Å². The molecule has 2 heterocycles. The Kier molecular flexibility index (Phi) is 10.9. The molecule has 0 saturated heterocycles. The number of sulfone groups is 2. The van der Waals surface area contributed by atoms with Crippen LogP contribution in [-0.4, -0.2) is 16.8 Å². The molecule has 6 heteroatoms. The summed E-state index contributed by atoms with van der Waals surface area (Å²) < 4.78 is 55.5. The normalized spacial score (nSPS) is 17.5. The topological polar surface area (TPSA) is 68.3 Å². The van der Waals surface area contributed by atoms with E-state index in [1.165, 1.54) is 19.3 Å². The van der Waals surface area contributed by atoms with Crippen molar-refractivity contribution in [3.05, 3.63) is 223 Å². The van der Waals surface area contributed by atoms with E-state index in [1.807, 2.05) is 158 Å². The van der Waals surface area contributed by atoms with Gasteiger partial charge in [-0.05, 0) is 91.2 Å². The van der Waals surface area contributed by atoms with E-state index in [9.17, 15) is 16.8 Å². The van der Waals surface area contributed by atoms with Crippen molar-refractivity contribution in [2.45, 2.75) is 53.6 Å². The first kappa shape index (κ1) is 41.8. The molecule has 9 aromatic carbocycles. The molecule has 66 heavy (non-hydrogen) atoms. The number of hydrogen-bond donors (Lipinski definition) is 0. The van der Waals surface area contributed by atoms with Crippen molar-refractivity contribution in [2.24, 2.45) is 5.92 Å². The second-order valence-electron chi connectivity index (χ2n) is 17.7. The average Bonchev–Trinajstić information content (AvgIpc) is 3.38. The Hall–Kier alpha value is -6.86. The summed E-state index contributed by atoms with van der Waals surface area (Å²) in [6.07, 6.45) is 8.32. The molecular formula is C60H48O4S2. The molecule has 4 nitrogen and oxygen atoms in total. The van der Waals surface area contributed by atoms with E-state index in [4.69, 9.17) is 0 Å². The second kappa shape index (κ2) is 17.2. The summed E-state index contributed by atoms with van der Waals surface area (Å²) in [6.45, 7) is 0. The molecule has 2 aliphatic heterocycles. The van der Waals surface area contributed by atoms with E-state index in [1.54, 1.807) is 0 Å². The van der Waals surface area contributed by atoms with E-state index in [0.29, 0.717) is 27.0 Å². The van der Waals surface area contributed by atoms with Crippen molar-refractivity contribution in [1.82, 2.24) is 0 Å². The highest BCUT2D eigenvalue weighted by atomic mass is 32.2. The summed E-state index contributed by atoms with van der Waals surface area (Å²) in [4.78, 5) is 1.52. The number of benzene rings is 9. The van der Waals surface area contributed by atoms with Gasteiger partial charge >= 0.3 is 0 Å². The van der Waals surface area contributed by atoms with Gasteiger partial charge in [0.05, 0.1) is 19.9 Å². The SMILES string of the molecule is O=S1(=O)/C(=C\C2CCCCC2)c2c1c(-c1ccccc1)c1ccccc1c2-c1ccccc1.O=S1(=O)c2c(c(-c3ccccc3)c3ccccc3c2-c2ccccc2)C1Cc1ccccc1. The first-order chi connectivity index (χ1) is 32.3. The van der Waals surface area contributed by atoms with Gasteiger partial charge in [0.15, 0.2) is 9.84 Å². The van der Waals surface area contributed by atoms with Gasteiger partial charge in [-0.25, -0.2) is 16.8 Å². The lowest BCUT2D eigenvalue weighted by Crippen LogP contribution is -2.30. The maximum Gasteiger partial charge on any atom is 0.208 e. The van der Waals surface area contributed by atoms with Crippen molar-refractivity contribution < 1.29 is 16.8 Å². The van der Waals surface area contributed by atoms with Crippen LogP contribution >= 0.6 is 0 Å². The molecule has 0 radical (unpaired) electrons. The minimum Gasteiger partial charge on any atom is -0.223 e. The van der Waals surface area contributed by atoms with Gasteiger partial charge in [0.25, 0.3) is 0 Å². The lowest BCUT2D eigenvalue weighted by atomic mass is 9.85. The number of fused-ring (bicyclic) bond motifs is 4. The smallest absolute Gasteiger partial charge is 0.208 e. The average molecular weight is 897 g/mol. The van der Waals surface area contributed by atoms with E-state index in [-0.39, 0.29) is 0 Å². The maximum atomic E-state index is 13.9. The Morgan fingerprint density at radius 3 is 1.26 bits per heavy atom. The van der Waals surface area contributed by atoms with Gasteiger partial charge in [0.2, 0.25) is 9.84 Å². The Balaban J connectivity index is 0.000000146. The van der Waals surface area contributed by atoms with Crippen LogP contribution in [0.3, 0.4) is 0 Å². The molecule has 0 spiro atoms. The van der Waals surface area contributed by atoms with Gasteiger partial charge in [-0.3, -0.25) is 0 Å². The molecule has 1 atom stereocenters. The molecule has 0 bridgehead atoms. The molecule has 324 valence electrons. The summed E-state index contributed by atoms with van der Waals surface area (Å²) in [5.41, 5.74) is 10.6. The zero-order chi connectivity index (χ0) is 44.8. The Bertz CT molecular complexity index is 3530. The Morgan fingerprint density at radius 2 is 0.773 bits per heavy atom. The van der Waals surface area contributed by atoms with Gasteiger partial charge in [0, 0.05) is 16.7 Å². The van der Waals surface area contributed by atoms with Crippen molar-refractivity contribution in [1.29, 1.82) is 0 Å². The molecule has 12 rings (SSSR count). The quantitative estimate of drug-likeness (QED) is 0.160. The molecular weight excluding hydrogens is 849 g/mol. The first-order valence-electron chi connectivity index (χ1n) is 23.0. The summed E-state index contributed by atoms with van der Waals surface area (Å²) in [5.74, 6) is 0.340. The van der Waals surface area contributed by atoms with Crippen LogP contribution in [-0.2, 0) is 26.1 Å².